The van der Waals surface area contributed by atoms with Gasteiger partial charge in [-0.1, -0.05) is 52.1 Å². The molecule has 0 saturated carbocycles. The van der Waals surface area contributed by atoms with Gasteiger partial charge in [-0.3, -0.25) is 4.89 Å². The third-order valence-electron chi connectivity index (χ3n) is 1.27. The van der Waals surface area contributed by atoms with E-state index < -0.39 is 17.9 Å². The minimum Gasteiger partial charge on any atom is -0.265 e. The van der Waals surface area contributed by atoms with Crippen molar-refractivity contribution < 1.29 is 38.7 Å². The molecule has 7 nitrogen and oxygen atoms in total. The zero-order valence-electron chi connectivity index (χ0n) is 10.4. The van der Waals surface area contributed by atoms with Gasteiger partial charge in [-0.25, -0.2) is 24.2 Å². The molecular weight excluding hydrogens is 493 g/mol. The van der Waals surface area contributed by atoms with Crippen LogP contribution in [0.15, 0.2) is 0 Å². The van der Waals surface area contributed by atoms with E-state index in [9.17, 15) is 18.9 Å². The molecule has 0 spiro atoms. The van der Waals surface area contributed by atoms with Crippen LogP contribution in [0.1, 0.15) is 27.2 Å². The molecule has 0 saturated heterocycles. The van der Waals surface area contributed by atoms with Gasteiger partial charge in [-0.15, -0.1) is 0 Å². The SMILES string of the molecule is CC(I)C(=O)OOC(=O)C(C)I.CCC(=O)OOF. The predicted octanol–water partition coefficient (Wildman–Crippen LogP) is 2.39. The first-order chi connectivity index (χ1) is 8.76. The maximum Gasteiger partial charge on any atom is 0.367 e. The van der Waals surface area contributed by atoms with Gasteiger partial charge in [-0.2, -0.15) is 0 Å². The molecule has 0 heterocycles. The fourth-order valence-corrected chi connectivity index (χ4v) is 0.516. The van der Waals surface area contributed by atoms with E-state index in [1.165, 1.54) is 6.92 Å². The first-order valence-corrected chi connectivity index (χ1v) is 7.43. The Morgan fingerprint density at radius 1 is 1.00 bits per heavy atom. The maximum absolute atomic E-state index is 10.8. The molecule has 19 heavy (non-hydrogen) atoms. The molecule has 2 unspecified atom stereocenters. The molecular formula is C9H13FI2O7. The molecule has 0 aliphatic rings. The summed E-state index contributed by atoms with van der Waals surface area (Å²) in [5.41, 5.74) is 0. The summed E-state index contributed by atoms with van der Waals surface area (Å²) in [5, 5.41) is 2.54. The normalized spacial score (nSPS) is 12.3. The molecule has 10 heteroatoms. The number of hydrogen-bond donors (Lipinski definition) is 0. The molecule has 2 atom stereocenters. The smallest absolute Gasteiger partial charge is 0.265 e. The summed E-state index contributed by atoms with van der Waals surface area (Å²) < 4.78 is 9.85. The second-order valence-corrected chi connectivity index (χ2v) is 6.65. The van der Waals surface area contributed by atoms with Gasteiger partial charge < -0.3 is 0 Å². The number of carbonyl (C=O) groups is 3. The fraction of sp³-hybridized carbons (Fsp3) is 0.667. The average Bonchev–Trinajstić information content (AvgIpc) is 2.35. The van der Waals surface area contributed by atoms with Crippen LogP contribution in [-0.4, -0.2) is 25.8 Å². The minimum atomic E-state index is -0.720. The Balaban J connectivity index is 0. The van der Waals surface area contributed by atoms with Crippen LogP contribution >= 0.6 is 45.2 Å². The molecule has 0 aromatic heterocycles. The highest BCUT2D eigenvalue weighted by atomic mass is 127. The van der Waals surface area contributed by atoms with Gasteiger partial charge in [0, 0.05) is 11.5 Å². The third kappa shape index (κ3) is 14.0. The van der Waals surface area contributed by atoms with E-state index in [-0.39, 0.29) is 14.3 Å². The van der Waals surface area contributed by atoms with Crippen LogP contribution in [0.5, 0.6) is 0 Å². The lowest BCUT2D eigenvalue weighted by molar-refractivity contribution is -0.398. The molecule has 0 aliphatic heterocycles. The molecule has 0 aromatic carbocycles. The number of alkyl halides is 2. The van der Waals surface area contributed by atoms with Gasteiger partial charge in [0.05, 0.1) is 0 Å². The van der Waals surface area contributed by atoms with Crippen LogP contribution in [0.4, 0.5) is 4.53 Å². The average molecular weight is 506 g/mol. The summed E-state index contributed by atoms with van der Waals surface area (Å²) in [7, 11) is 0. The van der Waals surface area contributed by atoms with E-state index in [1.807, 2.05) is 45.2 Å². The van der Waals surface area contributed by atoms with Crippen molar-refractivity contribution in [2.24, 2.45) is 0 Å². The monoisotopic (exact) mass is 506 g/mol. The molecule has 0 aromatic rings. The van der Waals surface area contributed by atoms with Crippen LogP contribution < -0.4 is 0 Å². The van der Waals surface area contributed by atoms with Gasteiger partial charge in [-0.05, 0) is 18.4 Å². The van der Waals surface area contributed by atoms with Crippen molar-refractivity contribution in [1.82, 2.24) is 0 Å². The Kier molecular flexibility index (Phi) is 14.2. The van der Waals surface area contributed by atoms with E-state index in [0.717, 1.165) is 0 Å². The molecule has 112 valence electrons. The summed E-state index contributed by atoms with van der Waals surface area (Å²) in [6, 6.07) is 0. The van der Waals surface area contributed by atoms with Crippen LogP contribution in [0.25, 0.3) is 0 Å². The molecule has 0 radical (unpaired) electrons. The summed E-state index contributed by atoms with van der Waals surface area (Å²) in [4.78, 5) is 43.2. The van der Waals surface area contributed by atoms with Gasteiger partial charge in [0.25, 0.3) is 0 Å². The van der Waals surface area contributed by atoms with E-state index in [2.05, 4.69) is 19.8 Å². The molecule has 0 bridgehead atoms. The van der Waals surface area contributed by atoms with E-state index in [0.29, 0.717) is 0 Å². The van der Waals surface area contributed by atoms with E-state index >= 15 is 0 Å². The highest BCUT2D eigenvalue weighted by Crippen LogP contribution is 2.05. The summed E-state index contributed by atoms with van der Waals surface area (Å²) in [5.74, 6) is -1.83. The Morgan fingerprint density at radius 2 is 1.37 bits per heavy atom. The summed E-state index contributed by atoms with van der Waals surface area (Å²) >= 11 is 3.73. The Hall–Kier alpha value is -0.240. The van der Waals surface area contributed by atoms with Crippen molar-refractivity contribution >= 4 is 63.1 Å². The van der Waals surface area contributed by atoms with E-state index in [1.54, 1.807) is 13.8 Å². The number of carbonyl (C=O) groups excluding carboxylic acids is 3. The molecule has 0 amide bonds. The standard InChI is InChI=1S/C6H8I2O4.C3H5FO3/c1-3(7)5(9)11-12-6(10)4(2)8;1-2-3(5)6-7-4/h3-4H,1-2H3;2H2,1H3. The van der Waals surface area contributed by atoms with E-state index in [4.69, 9.17) is 0 Å². The quantitative estimate of drug-likeness (QED) is 0.251. The van der Waals surface area contributed by atoms with Crippen LogP contribution in [-0.2, 0) is 34.1 Å². The number of rotatable bonds is 4. The first-order valence-electron chi connectivity index (χ1n) is 4.94. The number of hydrogen-bond acceptors (Lipinski definition) is 7. The molecule has 0 rings (SSSR count). The lowest BCUT2D eigenvalue weighted by Crippen LogP contribution is -2.20. The topological polar surface area (TPSA) is 88.1 Å². The first kappa shape index (κ1) is 21.1. The third-order valence-corrected chi connectivity index (χ3v) is 2.29. The zero-order valence-corrected chi connectivity index (χ0v) is 14.7. The fourth-order valence-electron chi connectivity index (χ4n) is 0.309. The summed E-state index contributed by atoms with van der Waals surface area (Å²) in [6.07, 6.45) is 0.115. The van der Waals surface area contributed by atoms with Crippen LogP contribution in [0, 0.1) is 0 Å². The molecule has 0 fully saturated rings. The van der Waals surface area contributed by atoms with Gasteiger partial charge in [0.15, 0.2) is 0 Å². The Morgan fingerprint density at radius 3 is 1.53 bits per heavy atom. The Bertz CT molecular complexity index is 276. The second kappa shape index (κ2) is 12.8. The summed E-state index contributed by atoms with van der Waals surface area (Å²) in [6.45, 7) is 4.82. The van der Waals surface area contributed by atoms with Crippen LogP contribution in [0.3, 0.4) is 0 Å². The highest BCUT2D eigenvalue weighted by molar-refractivity contribution is 14.1. The predicted molar refractivity (Wildman–Crippen MR) is 77.7 cm³/mol. The van der Waals surface area contributed by atoms with Crippen molar-refractivity contribution in [3.05, 3.63) is 0 Å². The van der Waals surface area contributed by atoms with Gasteiger partial charge in [0.2, 0.25) is 0 Å². The van der Waals surface area contributed by atoms with Gasteiger partial charge in [0.1, 0.15) is 7.85 Å². The van der Waals surface area contributed by atoms with Crippen molar-refractivity contribution in [2.75, 3.05) is 0 Å². The lowest BCUT2D eigenvalue weighted by Gasteiger charge is -2.04. The van der Waals surface area contributed by atoms with Crippen molar-refractivity contribution in [3.63, 3.8) is 0 Å². The maximum atomic E-state index is 10.8. The van der Waals surface area contributed by atoms with Crippen molar-refractivity contribution in [1.29, 1.82) is 0 Å². The van der Waals surface area contributed by atoms with Gasteiger partial charge >= 0.3 is 17.9 Å². The second-order valence-electron chi connectivity index (χ2n) is 2.91. The lowest BCUT2D eigenvalue weighted by atomic mass is 10.5. The Labute approximate surface area is 136 Å². The highest BCUT2D eigenvalue weighted by Gasteiger charge is 2.17. The van der Waals surface area contributed by atoms with Crippen molar-refractivity contribution in [2.45, 2.75) is 35.0 Å². The largest absolute Gasteiger partial charge is 0.367 e. The molecule has 0 N–H and O–H groups in total. The number of halogens is 3. The van der Waals surface area contributed by atoms with Crippen molar-refractivity contribution in [3.8, 4) is 0 Å². The molecule has 0 aliphatic carbocycles. The minimum absolute atomic E-state index is 0.115. The van der Waals surface area contributed by atoms with Crippen LogP contribution in [0.2, 0.25) is 0 Å². The zero-order chi connectivity index (χ0) is 15.4.